The zero-order valence-electron chi connectivity index (χ0n) is 15.2. The van der Waals surface area contributed by atoms with Gasteiger partial charge < -0.3 is 14.8 Å². The van der Waals surface area contributed by atoms with Crippen molar-refractivity contribution in [1.29, 1.82) is 0 Å². The second kappa shape index (κ2) is 7.35. The van der Waals surface area contributed by atoms with Crippen LogP contribution < -0.4 is 20.1 Å². The molecule has 0 aliphatic carbocycles. The van der Waals surface area contributed by atoms with Crippen LogP contribution in [0.4, 0.5) is 4.79 Å². The van der Waals surface area contributed by atoms with E-state index in [2.05, 4.69) is 10.6 Å². The maximum atomic E-state index is 12.7. The van der Waals surface area contributed by atoms with Crippen molar-refractivity contribution in [2.24, 2.45) is 0 Å². The molecule has 0 spiro atoms. The molecule has 0 radical (unpaired) electrons. The van der Waals surface area contributed by atoms with Crippen LogP contribution in [-0.4, -0.2) is 62.3 Å². The lowest BCUT2D eigenvalue weighted by Gasteiger charge is -2.33. The molecule has 3 rings (SSSR count). The minimum absolute atomic E-state index is 0.103. The SMILES string of the molecule is COc1cccc(OC2CCN(S(=O)(=O)CC3(C)NC(=O)NC3=O)CC2)c1. The molecule has 148 valence electrons. The number of amides is 3. The van der Waals surface area contributed by atoms with Gasteiger partial charge in [-0.05, 0) is 31.9 Å². The van der Waals surface area contributed by atoms with Gasteiger partial charge in [0.25, 0.3) is 5.91 Å². The van der Waals surface area contributed by atoms with Crippen molar-refractivity contribution >= 4 is 22.0 Å². The fourth-order valence-electron chi connectivity index (χ4n) is 3.23. The first kappa shape index (κ1) is 19.4. The van der Waals surface area contributed by atoms with Gasteiger partial charge in [-0.25, -0.2) is 17.5 Å². The summed E-state index contributed by atoms with van der Waals surface area (Å²) in [5, 5.41) is 4.46. The highest BCUT2D eigenvalue weighted by molar-refractivity contribution is 7.89. The highest BCUT2D eigenvalue weighted by Gasteiger charge is 2.46. The molecule has 1 unspecified atom stereocenters. The van der Waals surface area contributed by atoms with Gasteiger partial charge in [-0.3, -0.25) is 10.1 Å². The molecule has 0 bridgehead atoms. The largest absolute Gasteiger partial charge is 0.497 e. The Balaban J connectivity index is 1.58. The van der Waals surface area contributed by atoms with Gasteiger partial charge in [0.05, 0.1) is 12.9 Å². The summed E-state index contributed by atoms with van der Waals surface area (Å²) in [4.78, 5) is 23.2. The first-order valence-corrected chi connectivity index (χ1v) is 10.2. The van der Waals surface area contributed by atoms with Crippen LogP contribution in [0, 0.1) is 0 Å². The highest BCUT2D eigenvalue weighted by Crippen LogP contribution is 2.25. The van der Waals surface area contributed by atoms with Crippen LogP contribution in [0.2, 0.25) is 0 Å². The Labute approximate surface area is 158 Å². The van der Waals surface area contributed by atoms with Gasteiger partial charge in [0.15, 0.2) is 0 Å². The van der Waals surface area contributed by atoms with Crippen molar-refractivity contribution in [2.75, 3.05) is 26.0 Å². The second-order valence-corrected chi connectivity index (χ2v) is 8.86. The number of ether oxygens (including phenoxy) is 2. The minimum Gasteiger partial charge on any atom is -0.497 e. The molecule has 27 heavy (non-hydrogen) atoms. The van der Waals surface area contributed by atoms with Gasteiger partial charge >= 0.3 is 6.03 Å². The molecular weight excluding hydrogens is 374 g/mol. The predicted octanol–water partition coefficient (Wildman–Crippen LogP) is 0.466. The van der Waals surface area contributed by atoms with Gasteiger partial charge in [-0.1, -0.05) is 6.07 Å². The normalized spacial score (nSPS) is 24.4. The molecule has 2 fully saturated rings. The number of hydrogen-bond acceptors (Lipinski definition) is 6. The summed E-state index contributed by atoms with van der Waals surface area (Å²) in [6, 6.07) is 6.58. The molecule has 2 aliphatic heterocycles. The third-order valence-corrected chi connectivity index (χ3v) is 6.82. The lowest BCUT2D eigenvalue weighted by Crippen LogP contribution is -2.53. The zero-order chi connectivity index (χ0) is 19.7. The molecule has 1 aromatic rings. The molecular formula is C17H23N3O6S. The summed E-state index contributed by atoms with van der Waals surface area (Å²) >= 11 is 0. The van der Waals surface area contributed by atoms with Crippen LogP contribution in [0.1, 0.15) is 19.8 Å². The number of nitrogens with zero attached hydrogens (tertiary/aromatic N) is 1. The Morgan fingerprint density at radius 1 is 1.22 bits per heavy atom. The average molecular weight is 397 g/mol. The fourth-order valence-corrected chi connectivity index (χ4v) is 5.12. The van der Waals surface area contributed by atoms with Crippen molar-refractivity contribution in [1.82, 2.24) is 14.9 Å². The molecule has 0 aromatic heterocycles. The molecule has 2 N–H and O–H groups in total. The molecule has 3 amide bonds. The Kier molecular flexibility index (Phi) is 5.29. The van der Waals surface area contributed by atoms with E-state index in [0.29, 0.717) is 37.4 Å². The number of hydrogen-bond donors (Lipinski definition) is 2. The predicted molar refractivity (Wildman–Crippen MR) is 97.1 cm³/mol. The first-order valence-electron chi connectivity index (χ1n) is 8.64. The van der Waals surface area contributed by atoms with Crippen molar-refractivity contribution in [3.63, 3.8) is 0 Å². The fraction of sp³-hybridized carbons (Fsp3) is 0.529. The monoisotopic (exact) mass is 397 g/mol. The van der Waals surface area contributed by atoms with E-state index in [9.17, 15) is 18.0 Å². The number of sulfonamides is 1. The van der Waals surface area contributed by atoms with Crippen molar-refractivity contribution < 1.29 is 27.5 Å². The van der Waals surface area contributed by atoms with E-state index in [1.807, 2.05) is 18.2 Å². The number of nitrogens with one attached hydrogen (secondary N) is 2. The number of carbonyl (C=O) groups excluding carboxylic acids is 2. The van der Waals surface area contributed by atoms with Gasteiger partial charge in [0, 0.05) is 19.2 Å². The lowest BCUT2D eigenvalue weighted by atomic mass is 10.1. The molecule has 10 heteroatoms. The summed E-state index contributed by atoms with van der Waals surface area (Å²) in [7, 11) is -2.13. The number of methoxy groups -OCH3 is 1. The van der Waals surface area contributed by atoms with Crippen LogP contribution in [0.5, 0.6) is 11.5 Å². The summed E-state index contributed by atoms with van der Waals surface area (Å²) in [5.74, 6) is 0.261. The molecule has 1 aromatic carbocycles. The Morgan fingerprint density at radius 2 is 1.89 bits per heavy atom. The van der Waals surface area contributed by atoms with E-state index in [1.54, 1.807) is 13.2 Å². The number of carbonyl (C=O) groups is 2. The molecule has 2 aliphatic rings. The molecule has 2 saturated heterocycles. The molecule has 2 heterocycles. The molecule has 1 atom stereocenters. The third-order valence-electron chi connectivity index (χ3n) is 4.73. The van der Waals surface area contributed by atoms with Gasteiger partial charge in [-0.2, -0.15) is 0 Å². The number of urea groups is 1. The topological polar surface area (TPSA) is 114 Å². The summed E-state index contributed by atoms with van der Waals surface area (Å²) in [5.41, 5.74) is -1.45. The van der Waals surface area contributed by atoms with E-state index in [0.717, 1.165) is 0 Å². The van der Waals surface area contributed by atoms with E-state index in [-0.39, 0.29) is 6.10 Å². The van der Waals surface area contributed by atoms with Gasteiger partial charge in [0.1, 0.15) is 23.1 Å². The van der Waals surface area contributed by atoms with E-state index in [4.69, 9.17) is 9.47 Å². The van der Waals surface area contributed by atoms with Crippen LogP contribution in [0.3, 0.4) is 0 Å². The van der Waals surface area contributed by atoms with Crippen LogP contribution in [-0.2, 0) is 14.8 Å². The quantitative estimate of drug-likeness (QED) is 0.675. The van der Waals surface area contributed by atoms with Crippen LogP contribution in [0.15, 0.2) is 24.3 Å². The van der Waals surface area contributed by atoms with E-state index < -0.39 is 33.3 Å². The number of rotatable bonds is 6. The van der Waals surface area contributed by atoms with E-state index >= 15 is 0 Å². The van der Waals surface area contributed by atoms with Crippen molar-refractivity contribution in [3.05, 3.63) is 24.3 Å². The summed E-state index contributed by atoms with van der Waals surface area (Å²) < 4.78 is 37.8. The molecule has 9 nitrogen and oxygen atoms in total. The van der Waals surface area contributed by atoms with Crippen molar-refractivity contribution in [2.45, 2.75) is 31.4 Å². The maximum Gasteiger partial charge on any atom is 0.322 e. The van der Waals surface area contributed by atoms with E-state index in [1.165, 1.54) is 11.2 Å². The lowest BCUT2D eigenvalue weighted by molar-refractivity contribution is -0.122. The summed E-state index contributed by atoms with van der Waals surface area (Å²) in [6.07, 6.45) is 0.964. The number of imide groups is 1. The number of benzene rings is 1. The Hall–Kier alpha value is -2.33. The Bertz CT molecular complexity index is 835. The maximum absolute atomic E-state index is 12.7. The zero-order valence-corrected chi connectivity index (χ0v) is 16.0. The minimum atomic E-state index is -3.71. The van der Waals surface area contributed by atoms with Crippen LogP contribution in [0.25, 0.3) is 0 Å². The average Bonchev–Trinajstić information content (AvgIpc) is 2.86. The Morgan fingerprint density at radius 3 is 2.48 bits per heavy atom. The van der Waals surface area contributed by atoms with Gasteiger partial charge in [-0.15, -0.1) is 0 Å². The summed E-state index contributed by atoms with van der Waals surface area (Å²) in [6.45, 7) is 1.99. The van der Waals surface area contributed by atoms with Crippen molar-refractivity contribution in [3.8, 4) is 11.5 Å². The second-order valence-electron chi connectivity index (χ2n) is 6.89. The first-order chi connectivity index (χ1) is 12.7. The van der Waals surface area contributed by atoms with Crippen LogP contribution >= 0.6 is 0 Å². The third kappa shape index (κ3) is 4.33. The van der Waals surface area contributed by atoms with Gasteiger partial charge in [0.2, 0.25) is 10.0 Å². The number of piperidine rings is 1. The smallest absolute Gasteiger partial charge is 0.322 e. The molecule has 0 saturated carbocycles. The highest BCUT2D eigenvalue weighted by atomic mass is 32.2. The standard InChI is InChI=1S/C17H23N3O6S/c1-17(15(21)18-16(22)19-17)11-27(23,24)20-8-6-12(7-9-20)26-14-5-3-4-13(10-14)25-2/h3-5,10,12H,6-9,11H2,1-2H3,(H2,18,19,21,22).